The lowest BCUT2D eigenvalue weighted by atomic mass is 10.0. The Kier molecular flexibility index (Phi) is 8.38. The lowest BCUT2D eigenvalue weighted by Crippen LogP contribution is -2.19. The molecule has 1 saturated carbocycles. The van der Waals surface area contributed by atoms with Crippen LogP contribution in [0.25, 0.3) is 10.9 Å². The lowest BCUT2D eigenvalue weighted by Gasteiger charge is -2.22. The van der Waals surface area contributed by atoms with Gasteiger partial charge in [0, 0.05) is 35.9 Å². The molecule has 0 spiro atoms. The van der Waals surface area contributed by atoms with Crippen LogP contribution >= 0.6 is 23.2 Å². The zero-order chi connectivity index (χ0) is 28.2. The van der Waals surface area contributed by atoms with E-state index in [1.165, 1.54) is 30.6 Å². The van der Waals surface area contributed by atoms with Crippen molar-refractivity contribution in [3.63, 3.8) is 0 Å². The van der Waals surface area contributed by atoms with Gasteiger partial charge in [0.2, 0.25) is 0 Å². The van der Waals surface area contributed by atoms with Gasteiger partial charge in [-0.2, -0.15) is 14.0 Å². The number of nitrogens with zero attached hydrogens (tertiary/aromatic N) is 3. The van der Waals surface area contributed by atoms with Gasteiger partial charge < -0.3 is 18.8 Å². The van der Waals surface area contributed by atoms with Crippen LogP contribution < -0.4 is 9.47 Å². The molecule has 0 aliphatic heterocycles. The zero-order valence-corrected chi connectivity index (χ0v) is 22.5. The highest BCUT2D eigenvalue weighted by molar-refractivity contribution is 6.35. The molecule has 0 amide bonds. The van der Waals surface area contributed by atoms with Crippen molar-refractivity contribution in [3.8, 4) is 17.6 Å². The Labute approximate surface area is 238 Å². The van der Waals surface area contributed by atoms with Gasteiger partial charge in [-0.3, -0.25) is 9.78 Å². The molecule has 2 heterocycles. The Hall–Kier alpha value is -3.87. The number of carbonyl (C=O) groups is 1. The van der Waals surface area contributed by atoms with Gasteiger partial charge in [0.05, 0.1) is 22.2 Å². The van der Waals surface area contributed by atoms with Crippen LogP contribution in [0, 0.1) is 17.2 Å². The fourth-order valence-corrected chi connectivity index (χ4v) is 4.89. The topological polar surface area (TPSA) is 86.4 Å². The number of para-hydroxylation sites is 1. The molecule has 0 N–H and O–H groups in total. The fourth-order valence-electron chi connectivity index (χ4n) is 4.37. The monoisotopic (exact) mass is 585 g/mol. The molecule has 0 bridgehead atoms. The van der Waals surface area contributed by atoms with E-state index in [0.717, 1.165) is 18.2 Å². The van der Waals surface area contributed by atoms with Gasteiger partial charge in [-0.25, -0.2) is 0 Å². The zero-order valence-electron chi connectivity index (χ0n) is 21.0. The molecular formula is C29H23Cl2F2N3O4. The molecule has 4 aromatic rings. The molecule has 0 radical (unpaired) electrons. The molecular weight excluding hydrogens is 563 g/mol. The summed E-state index contributed by atoms with van der Waals surface area (Å²) in [6.45, 7) is -2.85. The smallest absolute Gasteiger partial charge is 0.387 e. The number of rotatable bonds is 11. The van der Waals surface area contributed by atoms with Crippen LogP contribution in [0.5, 0.6) is 11.5 Å². The van der Waals surface area contributed by atoms with E-state index in [-0.39, 0.29) is 34.5 Å². The maximum atomic E-state index is 13.3. The van der Waals surface area contributed by atoms with Gasteiger partial charge in [0.25, 0.3) is 0 Å². The Bertz CT molecular complexity index is 1560. The van der Waals surface area contributed by atoms with E-state index < -0.39 is 18.7 Å². The van der Waals surface area contributed by atoms with Crippen molar-refractivity contribution in [3.05, 3.63) is 87.8 Å². The molecule has 206 valence electrons. The molecule has 1 fully saturated rings. The number of esters is 1. The summed E-state index contributed by atoms with van der Waals surface area (Å²) in [4.78, 5) is 17.2. The molecule has 1 aliphatic carbocycles. The molecule has 0 unspecified atom stereocenters. The fraction of sp³-hybridized carbons (Fsp3) is 0.276. The Morgan fingerprint density at radius 1 is 1.12 bits per heavy atom. The third-order valence-corrected chi connectivity index (χ3v) is 7.20. The van der Waals surface area contributed by atoms with Crippen molar-refractivity contribution in [1.82, 2.24) is 9.55 Å². The lowest BCUT2D eigenvalue weighted by molar-refractivity contribution is -0.150. The van der Waals surface area contributed by atoms with Crippen molar-refractivity contribution in [2.45, 2.75) is 38.5 Å². The number of ether oxygens (including phenoxy) is 3. The van der Waals surface area contributed by atoms with Gasteiger partial charge >= 0.3 is 12.6 Å². The summed E-state index contributed by atoms with van der Waals surface area (Å²) in [5, 5.41) is 10.8. The Morgan fingerprint density at radius 2 is 1.88 bits per heavy atom. The van der Waals surface area contributed by atoms with Gasteiger partial charge in [0.1, 0.15) is 18.7 Å². The van der Waals surface area contributed by atoms with E-state index in [4.69, 9.17) is 32.7 Å². The summed E-state index contributed by atoms with van der Waals surface area (Å²) in [5.74, 6) is -0.231. The van der Waals surface area contributed by atoms with E-state index in [0.29, 0.717) is 34.7 Å². The average Bonchev–Trinajstić information content (AvgIpc) is 3.70. The van der Waals surface area contributed by atoms with Crippen LogP contribution in [0.15, 0.2) is 61.1 Å². The van der Waals surface area contributed by atoms with Crippen molar-refractivity contribution < 1.29 is 27.8 Å². The van der Waals surface area contributed by atoms with Gasteiger partial charge in [-0.15, -0.1) is 0 Å². The minimum absolute atomic E-state index is 0.0823. The first-order valence-corrected chi connectivity index (χ1v) is 13.2. The number of fused-ring (bicyclic) bond motifs is 1. The van der Waals surface area contributed by atoms with Crippen LogP contribution in [-0.4, -0.2) is 28.7 Å². The van der Waals surface area contributed by atoms with Crippen LogP contribution in [0.1, 0.15) is 35.6 Å². The van der Waals surface area contributed by atoms with Crippen molar-refractivity contribution in [1.29, 1.82) is 5.26 Å². The predicted octanol–water partition coefficient (Wildman–Crippen LogP) is 7.13. The summed E-state index contributed by atoms with van der Waals surface area (Å²) in [5.41, 5.74) is 2.11. The second-order valence-corrected chi connectivity index (χ2v) is 10.2. The summed E-state index contributed by atoms with van der Waals surface area (Å²) in [7, 11) is 0. The van der Waals surface area contributed by atoms with E-state index in [9.17, 15) is 18.8 Å². The standard InChI is InChI=1S/C29H23Cl2F2N3O4/c30-22-12-35-13-23(31)21(22)10-26(18-7-8-25(40-29(32)33)27(9-18)38-16-17-5-6-17)39-28(37)15-36-14-19(11-34)20-3-1-2-4-24(20)36/h1-4,7-9,12-14,17,26,29H,5-6,10,15-16H2/t26-/m0/s1. The number of carbonyl (C=O) groups excluding carboxylic acids is 1. The van der Waals surface area contributed by atoms with Crippen LogP contribution in [-0.2, 0) is 22.5 Å². The molecule has 1 atom stereocenters. The second-order valence-electron chi connectivity index (χ2n) is 9.40. The first-order valence-electron chi connectivity index (χ1n) is 12.5. The number of alkyl halides is 2. The maximum Gasteiger partial charge on any atom is 0.387 e. The van der Waals surface area contributed by atoms with Crippen LogP contribution in [0.2, 0.25) is 10.0 Å². The van der Waals surface area contributed by atoms with Crippen molar-refractivity contribution in [2.75, 3.05) is 6.61 Å². The molecule has 5 rings (SSSR count). The van der Waals surface area contributed by atoms with E-state index in [2.05, 4.69) is 15.8 Å². The van der Waals surface area contributed by atoms with Crippen LogP contribution in [0.4, 0.5) is 8.78 Å². The summed E-state index contributed by atoms with van der Waals surface area (Å²) >= 11 is 12.7. The number of halogens is 4. The highest BCUT2D eigenvalue weighted by Crippen LogP contribution is 2.38. The number of pyridine rings is 1. The normalized spacial score (nSPS) is 13.7. The highest BCUT2D eigenvalue weighted by atomic mass is 35.5. The minimum Gasteiger partial charge on any atom is -0.489 e. The Morgan fingerprint density at radius 3 is 2.58 bits per heavy atom. The maximum absolute atomic E-state index is 13.3. The first-order chi connectivity index (χ1) is 19.3. The van der Waals surface area contributed by atoms with E-state index in [1.54, 1.807) is 16.8 Å². The second kappa shape index (κ2) is 12.1. The van der Waals surface area contributed by atoms with Gasteiger partial charge in [0.15, 0.2) is 11.5 Å². The van der Waals surface area contributed by atoms with Crippen LogP contribution in [0.3, 0.4) is 0 Å². The Balaban J connectivity index is 1.46. The van der Waals surface area contributed by atoms with Crippen molar-refractivity contribution in [2.24, 2.45) is 5.92 Å². The number of nitriles is 1. The molecule has 7 nitrogen and oxygen atoms in total. The minimum atomic E-state index is -3.04. The molecule has 2 aromatic heterocycles. The quantitative estimate of drug-likeness (QED) is 0.174. The largest absolute Gasteiger partial charge is 0.489 e. The SMILES string of the molecule is N#Cc1cn(CC(=O)O[C@@H](Cc2c(Cl)cncc2Cl)c2ccc(OC(F)F)c(OCC3CC3)c2)c2ccccc12. The van der Waals surface area contributed by atoms with Gasteiger partial charge in [-0.05, 0) is 48.1 Å². The molecule has 2 aromatic carbocycles. The van der Waals surface area contributed by atoms with E-state index in [1.807, 2.05) is 18.2 Å². The highest BCUT2D eigenvalue weighted by Gasteiger charge is 2.26. The summed E-state index contributed by atoms with van der Waals surface area (Å²) < 4.78 is 44.2. The molecule has 0 saturated heterocycles. The predicted molar refractivity (Wildman–Crippen MR) is 145 cm³/mol. The molecule has 1 aliphatic rings. The summed E-state index contributed by atoms with van der Waals surface area (Å²) in [6, 6.07) is 13.8. The van der Waals surface area contributed by atoms with Gasteiger partial charge in [-0.1, -0.05) is 47.5 Å². The summed E-state index contributed by atoms with van der Waals surface area (Å²) in [6.07, 6.45) is 5.64. The average molecular weight is 586 g/mol. The first kappa shape index (κ1) is 27.7. The molecule has 40 heavy (non-hydrogen) atoms. The number of aromatic nitrogens is 2. The number of hydrogen-bond donors (Lipinski definition) is 0. The third-order valence-electron chi connectivity index (χ3n) is 6.55. The molecule has 11 heteroatoms. The van der Waals surface area contributed by atoms with Crippen molar-refractivity contribution >= 4 is 40.1 Å². The number of benzene rings is 2. The number of hydrogen-bond acceptors (Lipinski definition) is 6. The van der Waals surface area contributed by atoms with E-state index >= 15 is 0 Å². The third kappa shape index (κ3) is 6.46.